The number of anilines is 3. The molecule has 2 rings (SSSR count). The van der Waals surface area contributed by atoms with Crippen LogP contribution in [0.2, 0.25) is 0 Å². The second kappa shape index (κ2) is 5.87. The van der Waals surface area contributed by atoms with Crippen molar-refractivity contribution >= 4 is 23.0 Å². The van der Waals surface area contributed by atoms with Crippen molar-refractivity contribution < 1.29 is 4.79 Å². The fraction of sp³-hybridized carbons (Fsp3) is 0.235. The van der Waals surface area contributed by atoms with E-state index in [2.05, 4.69) is 23.5 Å². The Morgan fingerprint density at radius 1 is 1.05 bits per heavy atom. The van der Waals surface area contributed by atoms with Crippen LogP contribution in [-0.2, 0) is 0 Å². The van der Waals surface area contributed by atoms with Gasteiger partial charge in [0.05, 0.1) is 11.4 Å². The van der Waals surface area contributed by atoms with Gasteiger partial charge in [0.1, 0.15) is 0 Å². The topological polar surface area (TPSA) is 58.4 Å². The Labute approximate surface area is 125 Å². The molecule has 2 aromatic carbocycles. The van der Waals surface area contributed by atoms with Crippen molar-refractivity contribution in [3.63, 3.8) is 0 Å². The molecule has 0 saturated heterocycles. The van der Waals surface area contributed by atoms with Crippen LogP contribution in [0.4, 0.5) is 17.1 Å². The van der Waals surface area contributed by atoms with E-state index in [1.54, 1.807) is 37.2 Å². The lowest BCUT2D eigenvalue weighted by molar-refractivity contribution is 0.0827. The van der Waals surface area contributed by atoms with E-state index in [-0.39, 0.29) is 5.91 Å². The number of carbonyl (C=O) groups excluding carboxylic acids is 1. The lowest BCUT2D eigenvalue weighted by Gasteiger charge is -2.15. The Bertz CT molecular complexity index is 678. The van der Waals surface area contributed by atoms with E-state index in [0.717, 1.165) is 16.9 Å². The van der Waals surface area contributed by atoms with Crippen LogP contribution in [0.25, 0.3) is 0 Å². The molecule has 4 heteroatoms. The van der Waals surface area contributed by atoms with E-state index in [0.29, 0.717) is 11.3 Å². The zero-order chi connectivity index (χ0) is 15.6. The number of nitrogen functional groups attached to an aromatic ring is 1. The number of nitrogens with zero attached hydrogens (tertiary/aromatic N) is 1. The molecule has 0 saturated carbocycles. The first-order valence-electron chi connectivity index (χ1n) is 6.84. The van der Waals surface area contributed by atoms with Gasteiger partial charge in [0.15, 0.2) is 0 Å². The number of nitrogens with two attached hydrogens (primary N) is 1. The summed E-state index contributed by atoms with van der Waals surface area (Å²) in [5.41, 5.74) is 11.3. The fourth-order valence-electron chi connectivity index (χ4n) is 2.07. The molecule has 0 aliphatic rings. The van der Waals surface area contributed by atoms with Gasteiger partial charge < -0.3 is 16.0 Å². The molecule has 0 radical (unpaired) electrons. The van der Waals surface area contributed by atoms with Gasteiger partial charge in [-0.3, -0.25) is 4.79 Å². The third-order valence-corrected chi connectivity index (χ3v) is 3.37. The first-order chi connectivity index (χ1) is 9.88. The quantitative estimate of drug-likeness (QED) is 0.849. The van der Waals surface area contributed by atoms with Crippen molar-refractivity contribution in [3.8, 4) is 0 Å². The highest BCUT2D eigenvalue weighted by molar-refractivity contribution is 5.96. The smallest absolute Gasteiger partial charge is 0.253 e. The molecule has 21 heavy (non-hydrogen) atoms. The lowest BCUT2D eigenvalue weighted by atomic mass is 10.1. The molecule has 0 bridgehead atoms. The van der Waals surface area contributed by atoms with Gasteiger partial charge in [-0.05, 0) is 49.2 Å². The predicted molar refractivity (Wildman–Crippen MR) is 88.1 cm³/mol. The molecule has 0 aliphatic carbocycles. The van der Waals surface area contributed by atoms with Gasteiger partial charge in [0, 0.05) is 25.3 Å². The predicted octanol–water partition coefficient (Wildman–Crippen LogP) is 3.33. The molecule has 0 aromatic heterocycles. The largest absolute Gasteiger partial charge is 0.397 e. The van der Waals surface area contributed by atoms with Crippen molar-refractivity contribution in [3.05, 3.63) is 53.1 Å². The molecule has 0 aliphatic heterocycles. The maximum Gasteiger partial charge on any atom is 0.253 e. The Morgan fingerprint density at radius 2 is 1.76 bits per heavy atom. The standard InChI is InChI=1S/C17H21N3O/c1-11-5-6-12(2)15(9-11)19-16-10-13(7-8-14(16)18)17(21)20(3)4/h5-10,19H,18H2,1-4H3. The number of nitrogens with one attached hydrogen (secondary N) is 1. The van der Waals surface area contributed by atoms with E-state index in [9.17, 15) is 4.79 Å². The van der Waals surface area contributed by atoms with Crippen LogP contribution in [0.5, 0.6) is 0 Å². The van der Waals surface area contributed by atoms with Crippen LogP contribution in [0.15, 0.2) is 36.4 Å². The number of hydrogen-bond donors (Lipinski definition) is 2. The number of carbonyl (C=O) groups is 1. The average Bonchev–Trinajstić information content (AvgIpc) is 2.44. The Balaban J connectivity index is 2.37. The van der Waals surface area contributed by atoms with Crippen molar-refractivity contribution in [1.29, 1.82) is 0 Å². The highest BCUT2D eigenvalue weighted by Crippen LogP contribution is 2.27. The molecule has 0 heterocycles. The van der Waals surface area contributed by atoms with Crippen LogP contribution < -0.4 is 11.1 Å². The van der Waals surface area contributed by atoms with E-state index in [4.69, 9.17) is 5.73 Å². The van der Waals surface area contributed by atoms with Crippen LogP contribution in [0.3, 0.4) is 0 Å². The van der Waals surface area contributed by atoms with Crippen LogP contribution in [0.1, 0.15) is 21.5 Å². The van der Waals surface area contributed by atoms with E-state index in [1.807, 2.05) is 13.8 Å². The monoisotopic (exact) mass is 283 g/mol. The second-order valence-corrected chi connectivity index (χ2v) is 5.44. The van der Waals surface area contributed by atoms with Crippen molar-refractivity contribution in [2.24, 2.45) is 0 Å². The van der Waals surface area contributed by atoms with Gasteiger partial charge >= 0.3 is 0 Å². The van der Waals surface area contributed by atoms with Crippen molar-refractivity contribution in [2.75, 3.05) is 25.1 Å². The molecular weight excluding hydrogens is 262 g/mol. The van der Waals surface area contributed by atoms with Crippen molar-refractivity contribution in [2.45, 2.75) is 13.8 Å². The maximum atomic E-state index is 12.0. The molecule has 0 spiro atoms. The minimum atomic E-state index is -0.0426. The maximum absolute atomic E-state index is 12.0. The summed E-state index contributed by atoms with van der Waals surface area (Å²) >= 11 is 0. The number of aryl methyl sites for hydroxylation is 2. The second-order valence-electron chi connectivity index (χ2n) is 5.44. The van der Waals surface area contributed by atoms with Gasteiger partial charge in [0.25, 0.3) is 5.91 Å². The number of amides is 1. The first-order valence-corrected chi connectivity index (χ1v) is 6.84. The third-order valence-electron chi connectivity index (χ3n) is 3.37. The fourth-order valence-corrected chi connectivity index (χ4v) is 2.07. The molecule has 1 amide bonds. The molecule has 110 valence electrons. The van der Waals surface area contributed by atoms with Crippen LogP contribution >= 0.6 is 0 Å². The normalized spacial score (nSPS) is 10.3. The Morgan fingerprint density at radius 3 is 2.43 bits per heavy atom. The number of rotatable bonds is 3. The van der Waals surface area contributed by atoms with Crippen molar-refractivity contribution in [1.82, 2.24) is 4.90 Å². The number of benzene rings is 2. The van der Waals surface area contributed by atoms with E-state index < -0.39 is 0 Å². The molecule has 0 atom stereocenters. The van der Waals surface area contributed by atoms with Gasteiger partial charge in [-0.1, -0.05) is 12.1 Å². The summed E-state index contributed by atoms with van der Waals surface area (Å²) in [5.74, 6) is -0.0426. The third kappa shape index (κ3) is 3.34. The summed E-state index contributed by atoms with van der Waals surface area (Å²) in [5, 5.41) is 3.32. The highest BCUT2D eigenvalue weighted by Gasteiger charge is 2.11. The molecule has 2 aromatic rings. The van der Waals surface area contributed by atoms with Gasteiger partial charge in [-0.15, -0.1) is 0 Å². The number of hydrogen-bond acceptors (Lipinski definition) is 3. The summed E-state index contributed by atoms with van der Waals surface area (Å²) in [4.78, 5) is 13.6. The first kappa shape index (κ1) is 14.9. The summed E-state index contributed by atoms with van der Waals surface area (Å²) in [6.45, 7) is 4.08. The van der Waals surface area contributed by atoms with Crippen LogP contribution in [-0.4, -0.2) is 24.9 Å². The van der Waals surface area contributed by atoms with Gasteiger partial charge in [-0.2, -0.15) is 0 Å². The van der Waals surface area contributed by atoms with Gasteiger partial charge in [0.2, 0.25) is 0 Å². The molecule has 3 N–H and O–H groups in total. The summed E-state index contributed by atoms with van der Waals surface area (Å²) < 4.78 is 0. The van der Waals surface area contributed by atoms with E-state index in [1.165, 1.54) is 5.56 Å². The molecule has 0 unspecified atom stereocenters. The highest BCUT2D eigenvalue weighted by atomic mass is 16.2. The SMILES string of the molecule is Cc1ccc(C)c(Nc2cc(C(=O)N(C)C)ccc2N)c1. The summed E-state index contributed by atoms with van der Waals surface area (Å²) in [6.07, 6.45) is 0. The molecule has 4 nitrogen and oxygen atoms in total. The average molecular weight is 283 g/mol. The Kier molecular flexibility index (Phi) is 4.17. The minimum absolute atomic E-state index is 0.0426. The zero-order valence-electron chi connectivity index (χ0n) is 12.9. The van der Waals surface area contributed by atoms with Gasteiger partial charge in [-0.25, -0.2) is 0 Å². The minimum Gasteiger partial charge on any atom is -0.397 e. The zero-order valence-corrected chi connectivity index (χ0v) is 12.9. The summed E-state index contributed by atoms with van der Waals surface area (Å²) in [7, 11) is 3.47. The summed E-state index contributed by atoms with van der Waals surface area (Å²) in [6, 6.07) is 11.5. The van der Waals surface area contributed by atoms with E-state index >= 15 is 0 Å². The van der Waals surface area contributed by atoms with Crippen LogP contribution in [0, 0.1) is 13.8 Å². The molecule has 0 fully saturated rings. The Hall–Kier alpha value is -2.49. The lowest BCUT2D eigenvalue weighted by Crippen LogP contribution is -2.21. The molecular formula is C17H21N3O.